The first-order valence-electron chi connectivity index (χ1n) is 7.91. The molecule has 0 radical (unpaired) electrons. The predicted molar refractivity (Wildman–Crippen MR) is 84.4 cm³/mol. The lowest BCUT2D eigenvalue weighted by Crippen LogP contribution is -2.45. The van der Waals surface area contributed by atoms with E-state index in [1.54, 1.807) is 24.3 Å². The Morgan fingerprint density at radius 1 is 1.30 bits per heavy atom. The lowest BCUT2D eigenvalue weighted by atomic mass is 10.1. The number of carbonyl (C=O) groups excluding carboxylic acids is 2. The molecule has 1 amide bonds. The number of esters is 1. The molecule has 0 bridgehead atoms. The van der Waals surface area contributed by atoms with E-state index in [0.717, 1.165) is 26.1 Å². The lowest BCUT2D eigenvalue weighted by Gasteiger charge is -2.33. The van der Waals surface area contributed by atoms with Crippen molar-refractivity contribution < 1.29 is 19.1 Å². The Kier molecular flexibility index (Phi) is 4.63. The van der Waals surface area contributed by atoms with Crippen molar-refractivity contribution in [1.82, 2.24) is 10.2 Å². The minimum atomic E-state index is -0.441. The van der Waals surface area contributed by atoms with Gasteiger partial charge in [-0.05, 0) is 31.5 Å². The zero-order chi connectivity index (χ0) is 16.4. The maximum atomic E-state index is 12.4. The Hall–Kier alpha value is -1.92. The molecule has 2 aliphatic heterocycles. The van der Waals surface area contributed by atoms with Crippen LogP contribution in [0.2, 0.25) is 0 Å². The van der Waals surface area contributed by atoms with Gasteiger partial charge in [0.05, 0.1) is 25.4 Å². The average molecular weight is 318 g/mol. The van der Waals surface area contributed by atoms with Crippen LogP contribution in [0, 0.1) is 0 Å². The van der Waals surface area contributed by atoms with Gasteiger partial charge in [-0.25, -0.2) is 4.79 Å². The van der Waals surface area contributed by atoms with Crippen LogP contribution in [-0.2, 0) is 9.47 Å². The van der Waals surface area contributed by atoms with E-state index in [-0.39, 0.29) is 18.1 Å². The molecule has 2 heterocycles. The molecule has 3 atom stereocenters. The monoisotopic (exact) mass is 318 g/mol. The van der Waals surface area contributed by atoms with Crippen LogP contribution in [0.4, 0.5) is 0 Å². The molecule has 0 unspecified atom stereocenters. The van der Waals surface area contributed by atoms with Crippen LogP contribution >= 0.6 is 0 Å². The van der Waals surface area contributed by atoms with E-state index in [0.29, 0.717) is 17.2 Å². The molecule has 0 saturated carbocycles. The Morgan fingerprint density at radius 3 is 2.87 bits per heavy atom. The second-order valence-electron chi connectivity index (χ2n) is 6.23. The van der Waals surface area contributed by atoms with Gasteiger partial charge in [0, 0.05) is 30.7 Å². The zero-order valence-corrected chi connectivity index (χ0v) is 13.5. The molecule has 6 heteroatoms. The summed E-state index contributed by atoms with van der Waals surface area (Å²) in [5, 5.41) is 3.06. The van der Waals surface area contributed by atoms with E-state index in [1.165, 1.54) is 7.11 Å². The van der Waals surface area contributed by atoms with E-state index in [2.05, 4.69) is 21.9 Å². The zero-order valence-electron chi connectivity index (χ0n) is 13.5. The summed E-state index contributed by atoms with van der Waals surface area (Å²) in [7, 11) is 1.33. The van der Waals surface area contributed by atoms with Crippen LogP contribution in [0.15, 0.2) is 24.3 Å². The van der Waals surface area contributed by atoms with Crippen molar-refractivity contribution in [2.24, 2.45) is 0 Å². The molecule has 23 heavy (non-hydrogen) atoms. The van der Waals surface area contributed by atoms with Crippen molar-refractivity contribution in [3.05, 3.63) is 35.4 Å². The van der Waals surface area contributed by atoms with E-state index < -0.39 is 5.97 Å². The fourth-order valence-corrected chi connectivity index (χ4v) is 3.32. The number of carbonyl (C=O) groups is 2. The van der Waals surface area contributed by atoms with E-state index >= 15 is 0 Å². The Balaban J connectivity index is 1.63. The largest absolute Gasteiger partial charge is 0.465 e. The third kappa shape index (κ3) is 3.54. The number of amides is 1. The highest BCUT2D eigenvalue weighted by Crippen LogP contribution is 2.23. The van der Waals surface area contributed by atoms with Crippen molar-refractivity contribution in [1.29, 1.82) is 0 Å². The van der Waals surface area contributed by atoms with E-state index in [4.69, 9.17) is 4.74 Å². The van der Waals surface area contributed by atoms with Crippen LogP contribution in [0.5, 0.6) is 0 Å². The van der Waals surface area contributed by atoms with Gasteiger partial charge in [-0.2, -0.15) is 0 Å². The van der Waals surface area contributed by atoms with Crippen molar-refractivity contribution >= 4 is 11.9 Å². The predicted octanol–water partition coefficient (Wildman–Crippen LogP) is 1.06. The van der Waals surface area contributed by atoms with Crippen LogP contribution in [-0.4, -0.2) is 61.8 Å². The second kappa shape index (κ2) is 6.68. The van der Waals surface area contributed by atoms with Gasteiger partial charge in [0.25, 0.3) is 5.91 Å². The highest BCUT2D eigenvalue weighted by Gasteiger charge is 2.36. The van der Waals surface area contributed by atoms with Gasteiger partial charge >= 0.3 is 5.97 Å². The summed E-state index contributed by atoms with van der Waals surface area (Å²) in [5.41, 5.74) is 0.855. The third-order valence-electron chi connectivity index (χ3n) is 4.47. The molecule has 2 saturated heterocycles. The Bertz CT molecular complexity index is 604. The molecule has 1 aromatic rings. The first-order chi connectivity index (χ1) is 11.1. The molecule has 0 aliphatic carbocycles. The van der Waals surface area contributed by atoms with Crippen molar-refractivity contribution in [3.63, 3.8) is 0 Å². The summed E-state index contributed by atoms with van der Waals surface area (Å²) >= 11 is 0. The molecule has 1 N–H and O–H groups in total. The number of methoxy groups -OCH3 is 1. The number of hydrogen-bond donors (Lipinski definition) is 1. The van der Waals surface area contributed by atoms with E-state index in [1.807, 2.05) is 0 Å². The van der Waals surface area contributed by atoms with Gasteiger partial charge in [-0.3, -0.25) is 9.69 Å². The maximum Gasteiger partial charge on any atom is 0.337 e. The molecule has 3 rings (SSSR count). The van der Waals surface area contributed by atoms with Crippen LogP contribution in [0.25, 0.3) is 0 Å². The molecule has 6 nitrogen and oxygen atoms in total. The fraction of sp³-hybridized carbons (Fsp3) is 0.529. The van der Waals surface area contributed by atoms with E-state index in [9.17, 15) is 9.59 Å². The summed E-state index contributed by atoms with van der Waals surface area (Å²) in [4.78, 5) is 26.4. The van der Waals surface area contributed by atoms with Gasteiger partial charge in [0.2, 0.25) is 0 Å². The summed E-state index contributed by atoms with van der Waals surface area (Å²) in [5.74, 6) is -0.599. The summed E-state index contributed by atoms with van der Waals surface area (Å²) < 4.78 is 10.4. The van der Waals surface area contributed by atoms with Gasteiger partial charge in [-0.1, -0.05) is 6.07 Å². The molecular formula is C17H22N2O4. The smallest absolute Gasteiger partial charge is 0.337 e. The molecule has 124 valence electrons. The average Bonchev–Trinajstić information content (AvgIpc) is 2.95. The minimum Gasteiger partial charge on any atom is -0.465 e. The summed E-state index contributed by atoms with van der Waals surface area (Å²) in [6.07, 6.45) is 1.15. The topological polar surface area (TPSA) is 67.9 Å². The standard InChI is InChI=1S/C17H22N2O4/c1-11-8-19-9-14(7-15(19)10-23-11)18-16(20)12-4-3-5-13(6-12)17(21)22-2/h3-6,11,14-15H,7-10H2,1-2H3,(H,18,20)/t11-,14+,15+/m1/s1. The number of ether oxygens (including phenoxy) is 2. The van der Waals surface area contributed by atoms with Gasteiger partial charge < -0.3 is 14.8 Å². The Labute approximate surface area is 135 Å². The number of rotatable bonds is 3. The first-order valence-corrected chi connectivity index (χ1v) is 7.91. The van der Waals surface area contributed by atoms with Crippen LogP contribution < -0.4 is 5.32 Å². The van der Waals surface area contributed by atoms with Crippen LogP contribution in [0.3, 0.4) is 0 Å². The number of hydrogen-bond acceptors (Lipinski definition) is 5. The molecular weight excluding hydrogens is 296 g/mol. The van der Waals surface area contributed by atoms with Crippen LogP contribution in [0.1, 0.15) is 34.1 Å². The second-order valence-corrected chi connectivity index (χ2v) is 6.23. The highest BCUT2D eigenvalue weighted by molar-refractivity contribution is 5.98. The molecule has 0 spiro atoms. The minimum absolute atomic E-state index is 0.114. The van der Waals surface area contributed by atoms with Crippen molar-refractivity contribution in [3.8, 4) is 0 Å². The molecule has 2 fully saturated rings. The SMILES string of the molecule is COC(=O)c1cccc(C(=O)N[C@H]2C[C@H]3CO[C@H](C)CN3C2)c1. The third-order valence-corrected chi connectivity index (χ3v) is 4.47. The van der Waals surface area contributed by atoms with Crippen molar-refractivity contribution in [2.45, 2.75) is 31.5 Å². The number of nitrogens with one attached hydrogen (secondary N) is 1. The number of nitrogens with zero attached hydrogens (tertiary/aromatic N) is 1. The van der Waals surface area contributed by atoms with Crippen molar-refractivity contribution in [2.75, 3.05) is 26.8 Å². The Morgan fingerprint density at radius 2 is 2.09 bits per heavy atom. The van der Waals surface area contributed by atoms with Gasteiger partial charge in [0.15, 0.2) is 0 Å². The quantitative estimate of drug-likeness (QED) is 0.844. The summed E-state index contributed by atoms with van der Waals surface area (Å²) in [6, 6.07) is 7.09. The first kappa shape index (κ1) is 16.0. The normalized spacial score (nSPS) is 27.3. The van der Waals surface area contributed by atoms with Gasteiger partial charge in [-0.15, -0.1) is 0 Å². The highest BCUT2D eigenvalue weighted by atomic mass is 16.5. The molecule has 0 aromatic heterocycles. The van der Waals surface area contributed by atoms with Gasteiger partial charge in [0.1, 0.15) is 0 Å². The number of benzene rings is 1. The molecule has 1 aromatic carbocycles. The molecule has 2 aliphatic rings. The number of fused-ring (bicyclic) bond motifs is 1. The summed E-state index contributed by atoms with van der Waals surface area (Å²) in [6.45, 7) is 4.56. The number of morpholine rings is 1. The lowest BCUT2D eigenvalue weighted by molar-refractivity contribution is -0.0390. The fourth-order valence-electron chi connectivity index (χ4n) is 3.32. The maximum absolute atomic E-state index is 12.4.